The van der Waals surface area contributed by atoms with Gasteiger partial charge in [0.2, 0.25) is 0 Å². The number of benzene rings is 1. The van der Waals surface area contributed by atoms with Crippen molar-refractivity contribution in [3.05, 3.63) is 34.1 Å². The summed E-state index contributed by atoms with van der Waals surface area (Å²) in [5.41, 5.74) is 3.76. The van der Waals surface area contributed by atoms with E-state index in [1.165, 1.54) is 31.7 Å². The van der Waals surface area contributed by atoms with Crippen LogP contribution in [0.3, 0.4) is 0 Å². The van der Waals surface area contributed by atoms with E-state index in [9.17, 15) is 4.39 Å². The van der Waals surface area contributed by atoms with Gasteiger partial charge in [-0.15, -0.1) is 0 Å². The highest BCUT2D eigenvalue weighted by atomic mass is 79.9. The Kier molecular flexibility index (Phi) is 3.95. The maximum atomic E-state index is 13.3. The van der Waals surface area contributed by atoms with Crippen molar-refractivity contribution < 1.29 is 4.39 Å². The van der Waals surface area contributed by atoms with Crippen LogP contribution in [0.1, 0.15) is 37.3 Å². The predicted molar refractivity (Wildman–Crippen MR) is 66.1 cm³/mol. The maximum absolute atomic E-state index is 13.3. The Morgan fingerprint density at radius 2 is 2.00 bits per heavy atom. The molecule has 1 unspecified atom stereocenters. The lowest BCUT2D eigenvalue weighted by molar-refractivity contribution is 0.372. The van der Waals surface area contributed by atoms with Crippen molar-refractivity contribution in [2.24, 2.45) is 11.8 Å². The SMILES string of the molecule is NNC(c1cc(F)cc(Br)c1)C1CCCC1. The van der Waals surface area contributed by atoms with E-state index >= 15 is 0 Å². The van der Waals surface area contributed by atoms with Crippen LogP contribution in [0.5, 0.6) is 0 Å². The molecule has 1 fully saturated rings. The topological polar surface area (TPSA) is 38.0 Å². The molecule has 1 aromatic rings. The minimum Gasteiger partial charge on any atom is -0.271 e. The van der Waals surface area contributed by atoms with Crippen LogP contribution >= 0.6 is 15.9 Å². The summed E-state index contributed by atoms with van der Waals surface area (Å²) in [7, 11) is 0. The largest absolute Gasteiger partial charge is 0.271 e. The average molecular weight is 287 g/mol. The number of hydrogen-bond donors (Lipinski definition) is 2. The molecule has 3 N–H and O–H groups in total. The highest BCUT2D eigenvalue weighted by molar-refractivity contribution is 9.10. The summed E-state index contributed by atoms with van der Waals surface area (Å²) in [6.07, 6.45) is 4.84. The van der Waals surface area contributed by atoms with E-state index in [-0.39, 0.29) is 11.9 Å². The third kappa shape index (κ3) is 2.62. The third-order valence-corrected chi connectivity index (χ3v) is 3.75. The molecular weight excluding hydrogens is 271 g/mol. The Morgan fingerprint density at radius 3 is 2.56 bits per heavy atom. The van der Waals surface area contributed by atoms with Gasteiger partial charge >= 0.3 is 0 Å². The summed E-state index contributed by atoms with van der Waals surface area (Å²) >= 11 is 3.31. The molecule has 1 aliphatic rings. The van der Waals surface area contributed by atoms with Gasteiger partial charge in [0.05, 0.1) is 0 Å². The lowest BCUT2D eigenvalue weighted by atomic mass is 9.92. The maximum Gasteiger partial charge on any atom is 0.124 e. The summed E-state index contributed by atoms with van der Waals surface area (Å²) < 4.78 is 14.1. The van der Waals surface area contributed by atoms with Gasteiger partial charge in [-0.2, -0.15) is 0 Å². The van der Waals surface area contributed by atoms with Crippen LogP contribution in [0.2, 0.25) is 0 Å². The number of rotatable bonds is 3. The summed E-state index contributed by atoms with van der Waals surface area (Å²) in [4.78, 5) is 0. The Morgan fingerprint density at radius 1 is 1.31 bits per heavy atom. The van der Waals surface area contributed by atoms with Gasteiger partial charge in [0.1, 0.15) is 5.82 Å². The second kappa shape index (κ2) is 5.25. The second-order valence-electron chi connectivity index (χ2n) is 4.39. The molecule has 0 saturated heterocycles. The highest BCUT2D eigenvalue weighted by Gasteiger charge is 2.25. The standard InChI is InChI=1S/C12H16BrFN2/c13-10-5-9(6-11(14)7-10)12(16-15)8-3-1-2-4-8/h5-8,12,16H,1-4,15H2. The molecule has 0 amide bonds. The first-order chi connectivity index (χ1) is 7.70. The molecular formula is C12H16BrFN2. The first kappa shape index (κ1) is 12.0. The summed E-state index contributed by atoms with van der Waals surface area (Å²) in [6.45, 7) is 0. The summed E-state index contributed by atoms with van der Waals surface area (Å²) in [5, 5.41) is 0. The van der Waals surface area contributed by atoms with Crippen LogP contribution in [0, 0.1) is 11.7 Å². The molecule has 1 atom stereocenters. The fourth-order valence-electron chi connectivity index (χ4n) is 2.55. The quantitative estimate of drug-likeness (QED) is 0.661. The molecule has 0 spiro atoms. The third-order valence-electron chi connectivity index (χ3n) is 3.29. The van der Waals surface area contributed by atoms with Gasteiger partial charge in [-0.3, -0.25) is 11.3 Å². The Bertz CT molecular complexity index is 344. The molecule has 0 aromatic heterocycles. The molecule has 2 nitrogen and oxygen atoms in total. The van der Waals surface area contributed by atoms with Gasteiger partial charge < -0.3 is 0 Å². The number of nitrogens with two attached hydrogens (primary N) is 1. The minimum absolute atomic E-state index is 0.0644. The van der Waals surface area contributed by atoms with Crippen molar-refractivity contribution in [3.8, 4) is 0 Å². The lowest BCUT2D eigenvalue weighted by Gasteiger charge is -2.23. The fraction of sp³-hybridized carbons (Fsp3) is 0.500. The van der Waals surface area contributed by atoms with Gasteiger partial charge in [-0.25, -0.2) is 4.39 Å². The molecule has 0 aliphatic heterocycles. The van der Waals surface area contributed by atoms with Crippen molar-refractivity contribution in [3.63, 3.8) is 0 Å². The van der Waals surface area contributed by atoms with Crippen molar-refractivity contribution >= 4 is 15.9 Å². The Hall–Kier alpha value is -0.450. The molecule has 0 bridgehead atoms. The minimum atomic E-state index is -0.220. The molecule has 88 valence electrons. The molecule has 4 heteroatoms. The van der Waals surface area contributed by atoms with Crippen LogP contribution in [0.4, 0.5) is 4.39 Å². The molecule has 0 radical (unpaired) electrons. The Labute approximate surface area is 104 Å². The van der Waals surface area contributed by atoms with E-state index in [0.717, 1.165) is 10.0 Å². The van der Waals surface area contributed by atoms with E-state index in [0.29, 0.717) is 5.92 Å². The first-order valence-corrected chi connectivity index (χ1v) is 6.42. The summed E-state index contributed by atoms with van der Waals surface area (Å²) in [6, 6.07) is 5.03. The number of hydrazine groups is 1. The second-order valence-corrected chi connectivity index (χ2v) is 5.31. The molecule has 16 heavy (non-hydrogen) atoms. The lowest BCUT2D eigenvalue weighted by Crippen LogP contribution is -2.32. The molecule has 1 aromatic carbocycles. The van der Waals surface area contributed by atoms with E-state index < -0.39 is 0 Å². The highest BCUT2D eigenvalue weighted by Crippen LogP contribution is 2.36. The number of halogens is 2. The van der Waals surface area contributed by atoms with E-state index in [4.69, 9.17) is 5.84 Å². The summed E-state index contributed by atoms with van der Waals surface area (Å²) in [5.74, 6) is 5.90. The van der Waals surface area contributed by atoms with Crippen molar-refractivity contribution in [1.82, 2.24) is 5.43 Å². The van der Waals surface area contributed by atoms with Gasteiger partial charge in [0.25, 0.3) is 0 Å². The van der Waals surface area contributed by atoms with Gasteiger partial charge in [0.15, 0.2) is 0 Å². The van der Waals surface area contributed by atoms with Crippen LogP contribution in [-0.4, -0.2) is 0 Å². The average Bonchev–Trinajstić information content (AvgIpc) is 2.70. The molecule has 2 rings (SSSR count). The zero-order valence-corrected chi connectivity index (χ0v) is 10.6. The zero-order chi connectivity index (χ0) is 11.5. The normalized spacial score (nSPS) is 18.9. The number of nitrogens with one attached hydrogen (secondary N) is 1. The van der Waals surface area contributed by atoms with Crippen molar-refractivity contribution in [2.75, 3.05) is 0 Å². The van der Waals surface area contributed by atoms with Crippen LogP contribution < -0.4 is 11.3 Å². The van der Waals surface area contributed by atoms with Crippen LogP contribution in [0.15, 0.2) is 22.7 Å². The van der Waals surface area contributed by atoms with Gasteiger partial charge in [-0.1, -0.05) is 28.8 Å². The smallest absolute Gasteiger partial charge is 0.124 e. The Balaban J connectivity index is 2.24. The van der Waals surface area contributed by atoms with Crippen molar-refractivity contribution in [2.45, 2.75) is 31.7 Å². The number of hydrogen-bond acceptors (Lipinski definition) is 2. The molecule has 1 saturated carbocycles. The molecule has 1 aliphatic carbocycles. The van der Waals surface area contributed by atoms with Gasteiger partial charge in [0, 0.05) is 10.5 Å². The van der Waals surface area contributed by atoms with Crippen LogP contribution in [-0.2, 0) is 0 Å². The predicted octanol–water partition coefficient (Wildman–Crippen LogP) is 3.28. The van der Waals surface area contributed by atoms with Crippen molar-refractivity contribution in [1.29, 1.82) is 0 Å². The first-order valence-electron chi connectivity index (χ1n) is 5.63. The van der Waals surface area contributed by atoms with E-state index in [2.05, 4.69) is 21.4 Å². The van der Waals surface area contributed by atoms with E-state index in [1.54, 1.807) is 6.07 Å². The monoisotopic (exact) mass is 286 g/mol. The van der Waals surface area contributed by atoms with Crippen LogP contribution in [0.25, 0.3) is 0 Å². The van der Waals surface area contributed by atoms with E-state index in [1.807, 2.05) is 6.07 Å². The zero-order valence-electron chi connectivity index (χ0n) is 9.05. The molecule has 0 heterocycles. The van der Waals surface area contributed by atoms with Gasteiger partial charge in [-0.05, 0) is 42.5 Å². The fourth-order valence-corrected chi connectivity index (χ4v) is 3.03.